The normalized spacial score (nSPS) is 23.4. The van der Waals surface area contributed by atoms with E-state index in [1.165, 1.54) is 19.0 Å². The molecule has 0 amide bonds. The Hall–Kier alpha value is -3.95. The van der Waals surface area contributed by atoms with Crippen LogP contribution in [0, 0.1) is 0 Å². The number of piperazine rings is 1. The molecule has 2 atom stereocenters. The van der Waals surface area contributed by atoms with Crippen molar-refractivity contribution in [3.63, 3.8) is 0 Å². The molecule has 1 aliphatic carbocycles. The number of carboxylic acid groups (broad SMARTS) is 1. The average Bonchev–Trinajstić information content (AvgIpc) is 3.33. The first-order chi connectivity index (χ1) is 20.3. The number of Topliss-reactive ketones (excluding diaryl/α,β-unsaturated/α-hetero) is 1. The summed E-state index contributed by atoms with van der Waals surface area (Å²) in [6, 6.07) is 13.4. The predicted octanol–water partition coefficient (Wildman–Crippen LogP) is 4.86. The molecule has 2 fully saturated rings. The standard InChI is InChI=1S/C32H33ClFN5O3/c1-21-5-4-12-38(21)19-22-7-9-23(10-8-22)39-20-25(32(41)42)31(40)24-17-27(34)30(26(33)18-28(24)39)37-15-13-36(14-16-37)29-6-2-3-11-35-29/h2-3,6-11,17-18,20-21,28H,4-5,12-16,19H2,1H3,(H,41,42). The molecule has 2 unspecified atom stereocenters. The molecule has 3 aliphatic heterocycles. The fraction of sp³-hybridized carbons (Fsp3) is 0.344. The summed E-state index contributed by atoms with van der Waals surface area (Å²) >= 11 is 6.80. The number of aromatic nitrogens is 1. The fourth-order valence-electron chi connectivity index (χ4n) is 6.20. The number of anilines is 2. The van der Waals surface area contributed by atoms with Crippen LogP contribution in [0.4, 0.5) is 15.9 Å². The number of allylic oxidation sites excluding steroid dienone is 3. The van der Waals surface area contributed by atoms with Crippen molar-refractivity contribution in [3.8, 4) is 0 Å². The number of rotatable bonds is 6. The van der Waals surface area contributed by atoms with Crippen LogP contribution < -0.4 is 9.80 Å². The van der Waals surface area contributed by atoms with Gasteiger partial charge in [-0.25, -0.2) is 14.2 Å². The van der Waals surface area contributed by atoms with Gasteiger partial charge >= 0.3 is 5.97 Å². The van der Waals surface area contributed by atoms with Gasteiger partial charge in [0.15, 0.2) is 5.78 Å². The summed E-state index contributed by atoms with van der Waals surface area (Å²) in [5, 5.41) is 10.0. The van der Waals surface area contributed by atoms with Crippen molar-refractivity contribution in [2.45, 2.75) is 38.4 Å². The molecule has 2 aromatic rings. The van der Waals surface area contributed by atoms with E-state index in [1.807, 2.05) is 47.4 Å². The Kier molecular flexibility index (Phi) is 7.88. The zero-order valence-electron chi connectivity index (χ0n) is 23.4. The molecular formula is C32H33ClFN5O3. The number of halogens is 2. The number of nitrogens with zero attached hydrogens (tertiary/aromatic N) is 5. The highest BCUT2D eigenvalue weighted by Crippen LogP contribution is 2.37. The van der Waals surface area contributed by atoms with Crippen LogP contribution in [0.2, 0.25) is 0 Å². The van der Waals surface area contributed by atoms with Crippen molar-refractivity contribution in [1.29, 1.82) is 0 Å². The van der Waals surface area contributed by atoms with E-state index < -0.39 is 29.2 Å². The lowest BCUT2D eigenvalue weighted by Crippen LogP contribution is -2.46. The molecule has 10 heteroatoms. The molecule has 1 N–H and O–H groups in total. The van der Waals surface area contributed by atoms with Crippen LogP contribution in [0.15, 0.2) is 94.7 Å². The van der Waals surface area contributed by atoms with Gasteiger partial charge in [-0.1, -0.05) is 29.8 Å². The molecule has 0 radical (unpaired) electrons. The van der Waals surface area contributed by atoms with Crippen LogP contribution in [0.1, 0.15) is 25.3 Å². The Labute approximate surface area is 249 Å². The highest BCUT2D eigenvalue weighted by atomic mass is 35.5. The number of ketones is 1. The van der Waals surface area contributed by atoms with Crippen molar-refractivity contribution in [3.05, 3.63) is 100 Å². The first-order valence-electron chi connectivity index (χ1n) is 14.3. The number of fused-ring (bicyclic) bond motifs is 1. The van der Waals surface area contributed by atoms with Crippen LogP contribution in [0.25, 0.3) is 0 Å². The lowest BCUT2D eigenvalue weighted by Gasteiger charge is -2.38. The minimum atomic E-state index is -1.36. The maximum Gasteiger partial charge on any atom is 0.341 e. The molecule has 0 spiro atoms. The Morgan fingerprint density at radius 3 is 2.45 bits per heavy atom. The molecule has 218 valence electrons. The Morgan fingerprint density at radius 2 is 1.81 bits per heavy atom. The molecule has 0 saturated carbocycles. The molecule has 4 aliphatic rings. The second-order valence-electron chi connectivity index (χ2n) is 11.1. The zero-order valence-corrected chi connectivity index (χ0v) is 24.2. The second-order valence-corrected chi connectivity index (χ2v) is 11.5. The molecule has 8 nitrogen and oxygen atoms in total. The summed E-state index contributed by atoms with van der Waals surface area (Å²) in [7, 11) is 0. The predicted molar refractivity (Wildman–Crippen MR) is 161 cm³/mol. The molecule has 6 rings (SSSR count). The lowest BCUT2D eigenvalue weighted by atomic mass is 9.91. The highest BCUT2D eigenvalue weighted by molar-refractivity contribution is 6.32. The topological polar surface area (TPSA) is 80.2 Å². The first kappa shape index (κ1) is 28.2. The Bertz CT molecular complexity index is 1500. The van der Waals surface area contributed by atoms with Gasteiger partial charge < -0.3 is 19.8 Å². The fourth-order valence-corrected chi connectivity index (χ4v) is 6.53. The van der Waals surface area contributed by atoms with Gasteiger partial charge in [-0.3, -0.25) is 9.69 Å². The quantitative estimate of drug-likeness (QED) is 0.479. The lowest BCUT2D eigenvalue weighted by molar-refractivity contribution is -0.134. The van der Waals surface area contributed by atoms with Gasteiger partial charge in [-0.2, -0.15) is 0 Å². The van der Waals surface area contributed by atoms with E-state index in [9.17, 15) is 14.7 Å². The second kappa shape index (κ2) is 11.7. The zero-order chi connectivity index (χ0) is 29.4. The van der Waals surface area contributed by atoms with Crippen molar-refractivity contribution < 1.29 is 19.1 Å². The maximum absolute atomic E-state index is 15.9. The summed E-state index contributed by atoms with van der Waals surface area (Å²) in [4.78, 5) is 37.9. The number of aliphatic carboxylic acids is 1. The third-order valence-electron chi connectivity index (χ3n) is 8.54. The Morgan fingerprint density at radius 1 is 1.07 bits per heavy atom. The number of carboxylic acids is 1. The minimum absolute atomic E-state index is 0.0302. The van der Waals surface area contributed by atoms with Gasteiger partial charge in [0.05, 0.1) is 16.8 Å². The van der Waals surface area contributed by atoms with Gasteiger partial charge in [0.25, 0.3) is 0 Å². The number of hydrogen-bond acceptors (Lipinski definition) is 7. The van der Waals surface area contributed by atoms with E-state index in [0.29, 0.717) is 37.9 Å². The molecule has 4 heterocycles. The number of hydrogen-bond donors (Lipinski definition) is 1. The van der Waals surface area contributed by atoms with Gasteiger partial charge in [0.2, 0.25) is 0 Å². The van der Waals surface area contributed by atoms with Crippen molar-refractivity contribution in [1.82, 2.24) is 14.8 Å². The van der Waals surface area contributed by atoms with E-state index in [2.05, 4.69) is 21.7 Å². The highest BCUT2D eigenvalue weighted by Gasteiger charge is 2.38. The Balaban J connectivity index is 1.29. The number of benzene rings is 1. The maximum atomic E-state index is 15.9. The summed E-state index contributed by atoms with van der Waals surface area (Å²) in [6.07, 6.45) is 8.27. The van der Waals surface area contributed by atoms with Crippen molar-refractivity contribution >= 4 is 34.9 Å². The minimum Gasteiger partial charge on any atom is -0.477 e. The largest absolute Gasteiger partial charge is 0.477 e. The van der Waals surface area contributed by atoms with E-state index in [-0.39, 0.29) is 16.3 Å². The third kappa shape index (κ3) is 5.46. The van der Waals surface area contributed by atoms with Crippen LogP contribution >= 0.6 is 11.6 Å². The molecule has 42 heavy (non-hydrogen) atoms. The van der Waals surface area contributed by atoms with Crippen molar-refractivity contribution in [2.24, 2.45) is 0 Å². The van der Waals surface area contributed by atoms with Crippen LogP contribution in [0.3, 0.4) is 0 Å². The molecule has 1 aromatic carbocycles. The number of pyridine rings is 1. The number of likely N-dealkylation sites (tertiary alicyclic amines) is 1. The third-order valence-corrected chi connectivity index (χ3v) is 8.85. The molecule has 0 bridgehead atoms. The average molecular weight is 590 g/mol. The van der Waals surface area contributed by atoms with E-state index in [0.717, 1.165) is 30.5 Å². The van der Waals surface area contributed by atoms with Crippen LogP contribution in [-0.2, 0) is 16.1 Å². The number of carbonyl (C=O) groups excluding carboxylic acids is 1. The van der Waals surface area contributed by atoms with E-state index in [1.54, 1.807) is 17.2 Å². The SMILES string of the molecule is CC1CCCN1Cc1ccc(N2C=C(C(=O)O)C(=O)C3=CC(F)=C(N4CCN(c5ccccn5)CC4)C(Cl)=CC32)cc1. The van der Waals surface area contributed by atoms with Crippen LogP contribution in [-0.4, -0.2) is 76.5 Å². The monoisotopic (exact) mass is 589 g/mol. The summed E-state index contributed by atoms with van der Waals surface area (Å²) in [5.41, 5.74) is 1.65. The van der Waals surface area contributed by atoms with E-state index in [4.69, 9.17) is 11.6 Å². The molecular weight excluding hydrogens is 557 g/mol. The molecule has 1 aromatic heterocycles. The molecule has 2 saturated heterocycles. The van der Waals surface area contributed by atoms with Gasteiger partial charge in [0, 0.05) is 62.4 Å². The summed E-state index contributed by atoms with van der Waals surface area (Å²) in [5.74, 6) is -1.88. The van der Waals surface area contributed by atoms with Crippen molar-refractivity contribution in [2.75, 3.05) is 42.5 Å². The van der Waals surface area contributed by atoms with Gasteiger partial charge in [-0.05, 0) is 68.3 Å². The summed E-state index contributed by atoms with van der Waals surface area (Å²) < 4.78 is 15.9. The summed E-state index contributed by atoms with van der Waals surface area (Å²) in [6.45, 7) is 6.40. The van der Waals surface area contributed by atoms with Crippen LogP contribution in [0.5, 0.6) is 0 Å². The van der Waals surface area contributed by atoms with Gasteiger partial charge in [-0.15, -0.1) is 0 Å². The number of carbonyl (C=O) groups is 2. The first-order valence-corrected chi connectivity index (χ1v) is 14.7. The van der Waals surface area contributed by atoms with E-state index >= 15 is 4.39 Å². The smallest absolute Gasteiger partial charge is 0.341 e. The van der Waals surface area contributed by atoms with Gasteiger partial charge in [0.1, 0.15) is 17.2 Å².